The summed E-state index contributed by atoms with van der Waals surface area (Å²) in [7, 11) is 0. The Hall–Kier alpha value is -2.63. The molecule has 0 unspecified atom stereocenters. The van der Waals surface area contributed by atoms with Crippen LogP contribution in [0.25, 0.3) is 10.4 Å². The predicted molar refractivity (Wildman–Crippen MR) is 114 cm³/mol. The number of rotatable bonds is 13. The fraction of sp³-hybridized carbons (Fsp3) is 0.391. The minimum Gasteiger partial charge on any atom is -0.396 e. The molecule has 2 aromatic rings. The zero-order chi connectivity index (χ0) is 20.7. The fourth-order valence-corrected chi connectivity index (χ4v) is 2.98. The number of aliphatic hydroxyl groups is 1. The van der Waals surface area contributed by atoms with Crippen LogP contribution in [0.3, 0.4) is 0 Å². The topological polar surface area (TPSA) is 87.5 Å². The number of aliphatic hydroxyl groups excluding tert-OH is 1. The van der Waals surface area contributed by atoms with Crippen LogP contribution in [0.2, 0.25) is 0 Å². The van der Waals surface area contributed by atoms with E-state index >= 15 is 0 Å². The normalized spacial score (nSPS) is 14.3. The Morgan fingerprint density at radius 1 is 0.966 bits per heavy atom. The SMILES string of the molecule is CC/C=C/C[C@@H](OCc1ccccc1)[C@@H](OCc1ccccc1)[C@H](CO)N=[N+]=[N-]. The fourth-order valence-electron chi connectivity index (χ4n) is 2.98. The molecular formula is C23H29N3O3. The maximum Gasteiger partial charge on any atom is 0.0951 e. The molecule has 0 fully saturated rings. The average molecular weight is 396 g/mol. The van der Waals surface area contributed by atoms with Gasteiger partial charge in [-0.1, -0.05) is 84.9 Å². The van der Waals surface area contributed by atoms with Crippen molar-refractivity contribution in [2.24, 2.45) is 5.11 Å². The molecule has 0 aromatic heterocycles. The summed E-state index contributed by atoms with van der Waals surface area (Å²) in [5.74, 6) is 0. The molecule has 0 spiro atoms. The molecule has 1 N–H and O–H groups in total. The largest absolute Gasteiger partial charge is 0.396 e. The molecule has 0 radical (unpaired) electrons. The summed E-state index contributed by atoms with van der Waals surface area (Å²) < 4.78 is 12.3. The highest BCUT2D eigenvalue weighted by Gasteiger charge is 2.30. The van der Waals surface area contributed by atoms with E-state index in [2.05, 4.69) is 23.0 Å². The molecule has 6 heteroatoms. The second-order valence-electron chi connectivity index (χ2n) is 6.67. The molecule has 29 heavy (non-hydrogen) atoms. The number of azide groups is 1. The lowest BCUT2D eigenvalue weighted by atomic mass is 10.0. The quantitative estimate of drug-likeness (QED) is 0.219. The van der Waals surface area contributed by atoms with Crippen molar-refractivity contribution in [2.45, 2.75) is 51.2 Å². The van der Waals surface area contributed by atoms with Crippen LogP contribution < -0.4 is 0 Å². The van der Waals surface area contributed by atoms with E-state index in [-0.39, 0.29) is 12.7 Å². The van der Waals surface area contributed by atoms with E-state index < -0.39 is 12.1 Å². The molecule has 0 aliphatic rings. The summed E-state index contributed by atoms with van der Waals surface area (Å²) in [6, 6.07) is 18.9. The van der Waals surface area contributed by atoms with Crippen molar-refractivity contribution in [1.29, 1.82) is 0 Å². The molecule has 2 aromatic carbocycles. The molecule has 0 saturated heterocycles. The number of ether oxygens (including phenoxy) is 2. The van der Waals surface area contributed by atoms with Gasteiger partial charge in [-0.15, -0.1) is 0 Å². The van der Waals surface area contributed by atoms with Gasteiger partial charge in [0.2, 0.25) is 0 Å². The molecule has 0 aliphatic carbocycles. The van der Waals surface area contributed by atoms with Gasteiger partial charge in [-0.05, 0) is 29.5 Å². The second kappa shape index (κ2) is 13.5. The predicted octanol–water partition coefficient (Wildman–Crippen LogP) is 5.18. The van der Waals surface area contributed by atoms with Crippen molar-refractivity contribution in [1.82, 2.24) is 0 Å². The number of hydrogen-bond donors (Lipinski definition) is 1. The van der Waals surface area contributed by atoms with Gasteiger partial charge in [-0.2, -0.15) is 0 Å². The summed E-state index contributed by atoms with van der Waals surface area (Å²) in [4.78, 5) is 2.89. The Bertz CT molecular complexity index is 761. The molecule has 0 saturated carbocycles. The van der Waals surface area contributed by atoms with Crippen LogP contribution in [0.4, 0.5) is 0 Å². The van der Waals surface area contributed by atoms with Gasteiger partial charge in [0.05, 0.1) is 38.1 Å². The highest BCUT2D eigenvalue weighted by atomic mass is 16.5. The first-order valence-electron chi connectivity index (χ1n) is 9.89. The van der Waals surface area contributed by atoms with Gasteiger partial charge in [0.1, 0.15) is 0 Å². The highest BCUT2D eigenvalue weighted by Crippen LogP contribution is 2.20. The van der Waals surface area contributed by atoms with Gasteiger partial charge in [0.25, 0.3) is 0 Å². The summed E-state index contributed by atoms with van der Waals surface area (Å²) >= 11 is 0. The van der Waals surface area contributed by atoms with Crippen LogP contribution >= 0.6 is 0 Å². The Kier molecular flexibility index (Phi) is 10.6. The standard InChI is InChI=1S/C23H29N3O3/c1-2-3-6-15-22(28-17-19-11-7-4-8-12-19)23(21(16-27)25-26-24)29-18-20-13-9-5-10-14-20/h3-14,21-23,27H,2,15-18H2,1H3/b6-3+/t21-,22+,23-/m0/s1. The maximum atomic E-state index is 9.81. The third kappa shape index (κ3) is 8.10. The van der Waals surface area contributed by atoms with Crippen LogP contribution in [0, 0.1) is 0 Å². The summed E-state index contributed by atoms with van der Waals surface area (Å²) in [5.41, 5.74) is 11.0. The van der Waals surface area contributed by atoms with Gasteiger partial charge in [-0.3, -0.25) is 0 Å². The molecule has 0 heterocycles. The van der Waals surface area contributed by atoms with Crippen LogP contribution in [-0.2, 0) is 22.7 Å². The molecule has 0 bridgehead atoms. The Balaban J connectivity index is 2.19. The lowest BCUT2D eigenvalue weighted by Gasteiger charge is -2.30. The number of benzene rings is 2. The van der Waals surface area contributed by atoms with Crippen LogP contribution in [0.1, 0.15) is 30.9 Å². The lowest BCUT2D eigenvalue weighted by molar-refractivity contribution is -0.0988. The number of hydrogen-bond acceptors (Lipinski definition) is 4. The van der Waals surface area contributed by atoms with Crippen LogP contribution in [-0.4, -0.2) is 30.0 Å². The van der Waals surface area contributed by atoms with E-state index in [0.29, 0.717) is 19.6 Å². The van der Waals surface area contributed by atoms with Gasteiger partial charge < -0.3 is 14.6 Å². The van der Waals surface area contributed by atoms with Crippen molar-refractivity contribution in [3.63, 3.8) is 0 Å². The van der Waals surface area contributed by atoms with Crippen LogP contribution in [0.15, 0.2) is 77.9 Å². The van der Waals surface area contributed by atoms with E-state index in [9.17, 15) is 5.11 Å². The molecule has 0 amide bonds. The average Bonchev–Trinajstić information content (AvgIpc) is 2.77. The molecule has 154 valence electrons. The third-order valence-electron chi connectivity index (χ3n) is 4.50. The lowest BCUT2D eigenvalue weighted by Crippen LogP contribution is -2.42. The monoisotopic (exact) mass is 395 g/mol. The Morgan fingerprint density at radius 2 is 1.55 bits per heavy atom. The summed E-state index contributed by atoms with van der Waals surface area (Å²) in [5, 5.41) is 13.6. The van der Waals surface area contributed by atoms with E-state index in [0.717, 1.165) is 17.5 Å². The van der Waals surface area contributed by atoms with E-state index in [4.69, 9.17) is 15.0 Å². The smallest absolute Gasteiger partial charge is 0.0951 e. The first kappa shape index (κ1) is 22.7. The van der Waals surface area contributed by atoms with Crippen molar-refractivity contribution in [2.75, 3.05) is 6.61 Å². The van der Waals surface area contributed by atoms with E-state index in [1.807, 2.05) is 66.7 Å². The highest BCUT2D eigenvalue weighted by molar-refractivity contribution is 5.14. The van der Waals surface area contributed by atoms with Crippen molar-refractivity contribution >= 4 is 0 Å². The molecule has 0 aliphatic heterocycles. The second-order valence-corrected chi connectivity index (χ2v) is 6.67. The zero-order valence-electron chi connectivity index (χ0n) is 16.8. The van der Waals surface area contributed by atoms with E-state index in [1.54, 1.807) is 0 Å². The minimum absolute atomic E-state index is 0.313. The van der Waals surface area contributed by atoms with Crippen molar-refractivity contribution in [3.05, 3.63) is 94.4 Å². The van der Waals surface area contributed by atoms with Gasteiger partial charge in [0.15, 0.2) is 0 Å². The number of nitrogens with zero attached hydrogens (tertiary/aromatic N) is 3. The molecule has 2 rings (SSSR count). The summed E-state index contributed by atoms with van der Waals surface area (Å²) in [6.07, 6.45) is 4.66. The zero-order valence-corrected chi connectivity index (χ0v) is 16.8. The van der Waals surface area contributed by atoms with Crippen molar-refractivity contribution < 1.29 is 14.6 Å². The van der Waals surface area contributed by atoms with Gasteiger partial charge in [-0.25, -0.2) is 0 Å². The number of allylic oxidation sites excluding steroid dienone is 1. The third-order valence-corrected chi connectivity index (χ3v) is 4.50. The van der Waals surface area contributed by atoms with E-state index in [1.165, 1.54) is 0 Å². The first-order chi connectivity index (χ1) is 14.3. The van der Waals surface area contributed by atoms with Gasteiger partial charge in [0, 0.05) is 4.91 Å². The Labute approximate surface area is 172 Å². The molecule has 6 nitrogen and oxygen atoms in total. The van der Waals surface area contributed by atoms with Gasteiger partial charge >= 0.3 is 0 Å². The van der Waals surface area contributed by atoms with Crippen LogP contribution in [0.5, 0.6) is 0 Å². The summed E-state index contributed by atoms with van der Waals surface area (Å²) in [6.45, 7) is 2.50. The van der Waals surface area contributed by atoms with Crippen molar-refractivity contribution in [3.8, 4) is 0 Å². The maximum absolute atomic E-state index is 9.81. The molecule has 3 atom stereocenters. The Morgan fingerprint density at radius 3 is 2.07 bits per heavy atom. The minimum atomic E-state index is -0.737. The molecular weight excluding hydrogens is 366 g/mol. The first-order valence-corrected chi connectivity index (χ1v) is 9.89.